The minimum Gasteiger partial charge on any atom is -0.467 e. The predicted molar refractivity (Wildman–Crippen MR) is 92.7 cm³/mol. The van der Waals surface area contributed by atoms with Crippen LogP contribution < -0.4 is 0 Å². The van der Waals surface area contributed by atoms with Crippen molar-refractivity contribution in [3.05, 3.63) is 72.2 Å². The molecule has 1 heterocycles. The second-order valence-electron chi connectivity index (χ2n) is 3.81. The largest absolute Gasteiger partial charge is 0.467 e. The summed E-state index contributed by atoms with van der Waals surface area (Å²) in [6.07, 6.45) is 0. The van der Waals surface area contributed by atoms with Crippen LogP contribution in [0.15, 0.2) is 54.0 Å². The zero-order valence-electron chi connectivity index (χ0n) is 13.9. The highest BCUT2D eigenvalue weighted by atomic mass is 19.1. The molecule has 1 aromatic heterocycles. The molecule has 3 heteroatoms. The molecular weight excluding hydrogens is 267 g/mol. The highest BCUT2D eigenvalue weighted by Crippen LogP contribution is 2.02. The van der Waals surface area contributed by atoms with Gasteiger partial charge in [0.25, 0.3) is 0 Å². The van der Waals surface area contributed by atoms with E-state index in [1.54, 1.807) is 0 Å². The molecule has 0 atom stereocenters. The Morgan fingerprint density at radius 1 is 0.857 bits per heavy atom. The first-order valence-corrected chi connectivity index (χ1v) is 5.91. The molecule has 2 aromatic rings. The molecule has 0 fully saturated rings. The van der Waals surface area contributed by atoms with Crippen LogP contribution in [0.3, 0.4) is 0 Å². The van der Waals surface area contributed by atoms with Crippen LogP contribution in [0, 0.1) is 27.7 Å². The Bertz CT molecular complexity index is 401. The Morgan fingerprint density at radius 2 is 1.10 bits per heavy atom. The van der Waals surface area contributed by atoms with Crippen LogP contribution in [0.5, 0.6) is 0 Å². The second kappa shape index (κ2) is 18.1. The van der Waals surface area contributed by atoms with Crippen molar-refractivity contribution in [2.75, 3.05) is 7.15 Å². The molecule has 0 unspecified atom stereocenters. The Balaban J connectivity index is -0.000000107. The molecule has 0 saturated heterocycles. The van der Waals surface area contributed by atoms with E-state index < -0.39 is 7.15 Å². The van der Waals surface area contributed by atoms with Crippen molar-refractivity contribution in [1.29, 1.82) is 0 Å². The summed E-state index contributed by atoms with van der Waals surface area (Å²) in [6.45, 7) is 14.1. The molecule has 0 saturated carbocycles. The predicted octanol–water partition coefficient (Wildman–Crippen LogP) is 5.40. The summed E-state index contributed by atoms with van der Waals surface area (Å²) in [6, 6.07) is 12.4. The van der Waals surface area contributed by atoms with E-state index in [1.165, 1.54) is 11.1 Å². The fourth-order valence-electron chi connectivity index (χ4n) is 1.19. The fourth-order valence-corrected chi connectivity index (χ4v) is 1.19. The first-order valence-electron chi connectivity index (χ1n) is 6.61. The maximum absolute atomic E-state index is 9.96. The van der Waals surface area contributed by atoms with E-state index >= 15 is 0 Å². The van der Waals surface area contributed by atoms with Crippen LogP contribution in [0.2, 0.25) is 0 Å². The van der Waals surface area contributed by atoms with Crippen molar-refractivity contribution in [2.45, 2.75) is 35.1 Å². The molecule has 1 aromatic carbocycles. The molecule has 21 heavy (non-hydrogen) atoms. The maximum atomic E-state index is 9.96. The zero-order chi connectivity index (χ0) is 16.0. The van der Waals surface area contributed by atoms with Crippen LogP contribution in [0.4, 0.5) is 4.39 Å². The zero-order valence-corrected chi connectivity index (χ0v) is 12.9. The van der Waals surface area contributed by atoms with Crippen molar-refractivity contribution in [2.24, 2.45) is 0 Å². The van der Waals surface area contributed by atoms with Crippen LogP contribution in [-0.2, 0) is 0 Å². The lowest BCUT2D eigenvalue weighted by molar-refractivity contribution is 0.504. The van der Waals surface area contributed by atoms with Crippen LogP contribution in [0.25, 0.3) is 0 Å². The molecule has 0 aliphatic carbocycles. The summed E-state index contributed by atoms with van der Waals surface area (Å²) in [7, 11) is -1.00. The number of benzene rings is 1. The van der Waals surface area contributed by atoms with Gasteiger partial charge in [-0.25, -0.2) is 0 Å². The van der Waals surface area contributed by atoms with Gasteiger partial charge in [-0.1, -0.05) is 42.8 Å². The standard InChI is InChI=1S/C8H10.C6H8O.C2H4.CH3F.CH4.H2O/c1-7-3-5-8(2)6-4-7;1-5-3-4-6(2)7-5;2*1-2;;/h3-6H,1-2H3;3-4H,1-2H3;1-2H2;1H3;1H4;1H2/i;;;1D;;. The van der Waals surface area contributed by atoms with Gasteiger partial charge in [0, 0.05) is 0 Å². The molecular formula is C18H31FO2. The van der Waals surface area contributed by atoms with Gasteiger partial charge >= 0.3 is 0 Å². The molecule has 0 spiro atoms. The Morgan fingerprint density at radius 3 is 1.24 bits per heavy atom. The van der Waals surface area contributed by atoms with E-state index in [1.807, 2.05) is 26.0 Å². The van der Waals surface area contributed by atoms with Gasteiger partial charge in [-0.2, -0.15) is 0 Å². The molecule has 0 aliphatic heterocycles. The van der Waals surface area contributed by atoms with Crippen LogP contribution >= 0.6 is 0 Å². The van der Waals surface area contributed by atoms with Gasteiger partial charge in [0.1, 0.15) is 11.5 Å². The van der Waals surface area contributed by atoms with Gasteiger partial charge < -0.3 is 9.89 Å². The van der Waals surface area contributed by atoms with Crippen molar-refractivity contribution in [3.8, 4) is 0 Å². The van der Waals surface area contributed by atoms with Gasteiger partial charge in [0.15, 0.2) is 0 Å². The lowest BCUT2D eigenvalue weighted by Crippen LogP contribution is -1.70. The fraction of sp³-hybridized carbons (Fsp3) is 0.333. The van der Waals surface area contributed by atoms with Crippen molar-refractivity contribution < 1.29 is 15.7 Å². The molecule has 2 nitrogen and oxygen atoms in total. The third-order valence-electron chi connectivity index (χ3n) is 2.09. The average molecular weight is 299 g/mol. The topological polar surface area (TPSA) is 44.6 Å². The lowest BCUT2D eigenvalue weighted by atomic mass is 10.2. The molecule has 2 N–H and O–H groups in total. The lowest BCUT2D eigenvalue weighted by Gasteiger charge is -1.90. The highest BCUT2D eigenvalue weighted by molar-refractivity contribution is 5.19. The van der Waals surface area contributed by atoms with Gasteiger partial charge in [-0.15, -0.1) is 13.2 Å². The van der Waals surface area contributed by atoms with E-state index in [9.17, 15) is 4.39 Å². The smallest absolute Gasteiger partial charge is 0.101 e. The SMILES string of the molecule is C.C=C.Cc1ccc(C)cc1.Cc1ccc(C)o1.O.[2H]CF. The molecule has 122 valence electrons. The molecule has 2 rings (SSSR count). The first kappa shape index (κ1) is 24.2. The van der Waals surface area contributed by atoms with E-state index in [0.717, 1.165) is 11.5 Å². The molecule has 0 amide bonds. The van der Waals surface area contributed by atoms with E-state index in [0.29, 0.717) is 0 Å². The van der Waals surface area contributed by atoms with Gasteiger partial charge in [-0.3, -0.25) is 4.39 Å². The maximum Gasteiger partial charge on any atom is 0.101 e. The van der Waals surface area contributed by atoms with E-state index in [4.69, 9.17) is 5.79 Å². The summed E-state index contributed by atoms with van der Waals surface area (Å²) in [5.41, 5.74) is 2.66. The number of halogens is 1. The minimum absolute atomic E-state index is 0. The summed E-state index contributed by atoms with van der Waals surface area (Å²) in [5.74, 6) is 1.97. The number of hydrogen-bond donors (Lipinski definition) is 0. The van der Waals surface area contributed by atoms with Gasteiger partial charge in [0.05, 0.1) is 8.52 Å². The molecule has 0 bridgehead atoms. The Labute approximate surface area is 131 Å². The minimum atomic E-state index is -1.00. The summed E-state index contributed by atoms with van der Waals surface area (Å²) >= 11 is 0. The summed E-state index contributed by atoms with van der Waals surface area (Å²) in [5, 5.41) is 0. The van der Waals surface area contributed by atoms with Crippen molar-refractivity contribution in [3.63, 3.8) is 0 Å². The molecule has 0 radical (unpaired) electrons. The van der Waals surface area contributed by atoms with E-state index in [-0.39, 0.29) is 12.9 Å². The third kappa shape index (κ3) is 16.1. The monoisotopic (exact) mass is 299 g/mol. The van der Waals surface area contributed by atoms with Crippen LogP contribution in [0.1, 0.15) is 31.4 Å². The quantitative estimate of drug-likeness (QED) is 0.601. The molecule has 0 aliphatic rings. The number of alkyl halides is 1. The Kier molecular flexibility index (Phi) is 20.9. The van der Waals surface area contributed by atoms with Crippen LogP contribution in [-0.4, -0.2) is 12.6 Å². The van der Waals surface area contributed by atoms with E-state index in [2.05, 4.69) is 51.3 Å². The second-order valence-corrected chi connectivity index (χ2v) is 3.81. The third-order valence-corrected chi connectivity index (χ3v) is 2.09. The number of aryl methyl sites for hydroxylation is 4. The number of furan rings is 1. The number of hydrogen-bond acceptors (Lipinski definition) is 1. The normalized spacial score (nSPS) is 7.76. The summed E-state index contributed by atoms with van der Waals surface area (Å²) < 4.78 is 20.6. The van der Waals surface area contributed by atoms with Gasteiger partial charge in [0.2, 0.25) is 0 Å². The van der Waals surface area contributed by atoms with Gasteiger partial charge in [-0.05, 0) is 39.8 Å². The number of rotatable bonds is 0. The van der Waals surface area contributed by atoms with Crippen molar-refractivity contribution in [1.82, 2.24) is 0 Å². The average Bonchev–Trinajstić information content (AvgIpc) is 2.81. The first-order chi connectivity index (χ1) is 9.49. The Hall–Kier alpha value is -1.87. The van der Waals surface area contributed by atoms with Crippen molar-refractivity contribution >= 4 is 0 Å². The highest BCUT2D eigenvalue weighted by Gasteiger charge is 1.85. The summed E-state index contributed by atoms with van der Waals surface area (Å²) in [4.78, 5) is 0.